The van der Waals surface area contributed by atoms with E-state index in [0.29, 0.717) is 27.9 Å². The van der Waals surface area contributed by atoms with Crippen molar-refractivity contribution in [1.29, 1.82) is 0 Å². The summed E-state index contributed by atoms with van der Waals surface area (Å²) in [5.41, 5.74) is 1.96. The number of thioether (sulfide) groups is 1. The van der Waals surface area contributed by atoms with Crippen molar-refractivity contribution in [3.63, 3.8) is 0 Å². The predicted octanol–water partition coefficient (Wildman–Crippen LogP) is 4.20. The molecule has 32 heavy (non-hydrogen) atoms. The normalized spacial score (nSPS) is 16.2. The lowest BCUT2D eigenvalue weighted by Crippen LogP contribution is -2.40. The number of hydrogen-bond acceptors (Lipinski definition) is 7. The molecule has 0 unspecified atom stereocenters. The second kappa shape index (κ2) is 7.88. The number of amides is 2. The molecule has 0 aliphatic carbocycles. The van der Waals surface area contributed by atoms with E-state index in [1.54, 1.807) is 64.4 Å². The third-order valence-corrected chi connectivity index (χ3v) is 7.30. The number of carbonyl (C=O) groups excluding carboxylic acids is 2. The van der Waals surface area contributed by atoms with Crippen molar-refractivity contribution in [2.75, 3.05) is 0 Å². The first-order chi connectivity index (χ1) is 14.9. The van der Waals surface area contributed by atoms with E-state index in [0.717, 1.165) is 17.3 Å². The first-order valence-electron chi connectivity index (χ1n) is 9.70. The van der Waals surface area contributed by atoms with Gasteiger partial charge in [0.1, 0.15) is 11.3 Å². The van der Waals surface area contributed by atoms with E-state index in [1.807, 2.05) is 0 Å². The monoisotopic (exact) mass is 471 g/mol. The summed E-state index contributed by atoms with van der Waals surface area (Å²) in [6.07, 6.45) is 4.78. The van der Waals surface area contributed by atoms with Crippen LogP contribution in [0.1, 0.15) is 32.1 Å². The molecule has 0 atom stereocenters. The maximum atomic E-state index is 12.7. The molecule has 3 heterocycles. The molecule has 10 heteroatoms. The zero-order valence-electron chi connectivity index (χ0n) is 17.8. The lowest BCUT2D eigenvalue weighted by molar-refractivity contribution is -0.115. The fourth-order valence-corrected chi connectivity index (χ4v) is 5.69. The largest absolute Gasteiger partial charge is 0.456 e. The Morgan fingerprint density at radius 1 is 1.16 bits per heavy atom. The van der Waals surface area contributed by atoms with Crippen molar-refractivity contribution in [2.45, 2.75) is 38.1 Å². The van der Waals surface area contributed by atoms with Crippen molar-refractivity contribution in [3.05, 3.63) is 52.9 Å². The van der Waals surface area contributed by atoms with Crippen molar-refractivity contribution in [1.82, 2.24) is 15.0 Å². The summed E-state index contributed by atoms with van der Waals surface area (Å²) in [6, 6.07) is 6.77. The maximum Gasteiger partial charge on any atom is 0.290 e. The molecule has 0 bridgehead atoms. The number of nitrogens with zero attached hydrogens (tertiary/aromatic N) is 1. The number of hydrogen-bond donors (Lipinski definition) is 2. The average Bonchev–Trinajstić information content (AvgIpc) is 3.21. The molecule has 166 valence electrons. The summed E-state index contributed by atoms with van der Waals surface area (Å²) in [5.74, 6) is -0.0537. The number of aromatic nitrogens is 1. The van der Waals surface area contributed by atoms with Gasteiger partial charge in [-0.05, 0) is 68.8 Å². The molecule has 1 saturated heterocycles. The van der Waals surface area contributed by atoms with E-state index in [9.17, 15) is 18.0 Å². The summed E-state index contributed by atoms with van der Waals surface area (Å²) in [5, 5.41) is 2.50. The van der Waals surface area contributed by atoms with Crippen LogP contribution in [0.25, 0.3) is 28.2 Å². The molecule has 0 saturated carbocycles. The van der Waals surface area contributed by atoms with E-state index in [1.165, 1.54) is 6.08 Å². The van der Waals surface area contributed by atoms with Gasteiger partial charge < -0.3 is 4.42 Å². The van der Waals surface area contributed by atoms with Gasteiger partial charge in [-0.15, -0.1) is 0 Å². The highest BCUT2D eigenvalue weighted by molar-refractivity contribution is 8.18. The van der Waals surface area contributed by atoms with E-state index in [-0.39, 0.29) is 9.80 Å². The van der Waals surface area contributed by atoms with Gasteiger partial charge in [0.05, 0.1) is 9.80 Å². The molecule has 1 aliphatic heterocycles. The molecule has 1 fully saturated rings. The molecule has 8 nitrogen and oxygen atoms in total. The van der Waals surface area contributed by atoms with Gasteiger partial charge in [0, 0.05) is 35.0 Å². The Morgan fingerprint density at radius 3 is 2.53 bits per heavy atom. The highest BCUT2D eigenvalue weighted by atomic mass is 32.2. The topological polar surface area (TPSA) is 118 Å². The van der Waals surface area contributed by atoms with Gasteiger partial charge in [-0.3, -0.25) is 19.9 Å². The Kier molecular flexibility index (Phi) is 5.48. The Bertz CT molecular complexity index is 1400. The molecule has 2 aromatic heterocycles. The molecule has 1 aromatic carbocycles. The van der Waals surface area contributed by atoms with E-state index >= 15 is 0 Å². The third-order valence-electron chi connectivity index (χ3n) is 4.57. The van der Waals surface area contributed by atoms with Crippen LogP contribution in [0.15, 0.2) is 50.9 Å². The van der Waals surface area contributed by atoms with Crippen molar-refractivity contribution in [2.24, 2.45) is 0 Å². The third kappa shape index (κ3) is 4.47. The zero-order chi connectivity index (χ0) is 23.3. The number of imide groups is 1. The Balaban J connectivity index is 1.74. The van der Waals surface area contributed by atoms with Gasteiger partial charge in [-0.25, -0.2) is 13.1 Å². The minimum Gasteiger partial charge on any atom is -0.456 e. The van der Waals surface area contributed by atoms with Gasteiger partial charge in [-0.1, -0.05) is 6.07 Å². The number of fused-ring (bicyclic) bond motifs is 1. The standard InChI is InChI=1S/C22H21N3O5S2/c1-12-7-13(5-6-18(12)32(28,29)25-22(2,3)4)16-11-23-10-14-8-15(30-19(14)16)9-17-20(26)24-21(27)31-17/h5-11,25H,1-4H3,(H,24,26,27)/b17-9+. The molecule has 0 radical (unpaired) electrons. The number of aryl methyl sites for hydroxylation is 1. The smallest absolute Gasteiger partial charge is 0.290 e. The SMILES string of the molecule is Cc1cc(-c2cncc3cc(/C=C4/SC(=O)NC4=O)oc23)ccc1S(=O)(=O)NC(C)(C)C. The first-order valence-corrected chi connectivity index (χ1v) is 12.0. The molecular formula is C22H21N3O5S2. The summed E-state index contributed by atoms with van der Waals surface area (Å²) in [6.45, 7) is 7.09. The van der Waals surface area contributed by atoms with Gasteiger partial charge in [0.15, 0.2) is 0 Å². The number of furan rings is 1. The van der Waals surface area contributed by atoms with Crippen LogP contribution in [-0.4, -0.2) is 30.1 Å². The molecular weight excluding hydrogens is 450 g/mol. The van der Waals surface area contributed by atoms with Gasteiger partial charge >= 0.3 is 0 Å². The van der Waals surface area contributed by atoms with E-state index < -0.39 is 26.7 Å². The zero-order valence-corrected chi connectivity index (χ0v) is 19.5. The van der Waals surface area contributed by atoms with Gasteiger partial charge in [-0.2, -0.15) is 0 Å². The quantitative estimate of drug-likeness (QED) is 0.547. The minimum absolute atomic E-state index is 0.204. The molecule has 0 spiro atoms. The fourth-order valence-electron chi connectivity index (χ4n) is 3.39. The van der Waals surface area contributed by atoms with Crippen LogP contribution >= 0.6 is 11.8 Å². The summed E-state index contributed by atoms with van der Waals surface area (Å²) < 4.78 is 34.1. The lowest BCUT2D eigenvalue weighted by atomic mass is 10.0. The van der Waals surface area contributed by atoms with E-state index in [2.05, 4.69) is 15.0 Å². The van der Waals surface area contributed by atoms with Crippen molar-refractivity contribution < 1.29 is 22.4 Å². The second-order valence-corrected chi connectivity index (χ2v) is 11.1. The molecule has 3 aromatic rings. The summed E-state index contributed by atoms with van der Waals surface area (Å²) in [7, 11) is -3.67. The van der Waals surface area contributed by atoms with Crippen LogP contribution in [0.2, 0.25) is 0 Å². The lowest BCUT2D eigenvalue weighted by Gasteiger charge is -2.21. The number of nitrogens with one attached hydrogen (secondary N) is 2. The summed E-state index contributed by atoms with van der Waals surface area (Å²) in [4.78, 5) is 27.9. The van der Waals surface area contributed by atoms with Crippen molar-refractivity contribution >= 4 is 50.0 Å². The van der Waals surface area contributed by atoms with Crippen molar-refractivity contribution in [3.8, 4) is 11.1 Å². The minimum atomic E-state index is -3.67. The number of rotatable bonds is 4. The van der Waals surface area contributed by atoms with Crippen LogP contribution in [0.5, 0.6) is 0 Å². The predicted molar refractivity (Wildman–Crippen MR) is 123 cm³/mol. The number of sulfonamides is 1. The molecule has 2 amide bonds. The highest BCUT2D eigenvalue weighted by Crippen LogP contribution is 2.34. The number of carbonyl (C=O) groups is 2. The number of benzene rings is 1. The van der Waals surface area contributed by atoms with Crippen LogP contribution in [-0.2, 0) is 14.8 Å². The fraction of sp³-hybridized carbons (Fsp3) is 0.227. The molecule has 4 rings (SSSR count). The Hall–Kier alpha value is -2.95. The average molecular weight is 472 g/mol. The van der Waals surface area contributed by atoms with Gasteiger partial charge in [0.25, 0.3) is 11.1 Å². The van der Waals surface area contributed by atoms with Crippen LogP contribution < -0.4 is 10.0 Å². The Labute approximate surface area is 189 Å². The maximum absolute atomic E-state index is 12.7. The second-order valence-electron chi connectivity index (χ2n) is 8.44. The summed E-state index contributed by atoms with van der Waals surface area (Å²) >= 11 is 0.812. The van der Waals surface area contributed by atoms with E-state index in [4.69, 9.17) is 4.42 Å². The first kappa shape index (κ1) is 22.3. The molecule has 1 aliphatic rings. The van der Waals surface area contributed by atoms with Crippen LogP contribution in [0.4, 0.5) is 4.79 Å². The van der Waals surface area contributed by atoms with Crippen LogP contribution in [0.3, 0.4) is 0 Å². The number of pyridine rings is 1. The van der Waals surface area contributed by atoms with Gasteiger partial charge in [0.2, 0.25) is 10.0 Å². The highest BCUT2D eigenvalue weighted by Gasteiger charge is 2.26. The molecule has 2 N–H and O–H groups in total. The Morgan fingerprint density at radius 2 is 1.91 bits per heavy atom. The van der Waals surface area contributed by atoms with Crippen LogP contribution in [0, 0.1) is 6.92 Å².